The quantitative estimate of drug-likeness (QED) is 0.751. The SMILES string of the molecule is COc1ccc([C@H]2CCCN2C(=O)[C@@H](C)NC(=O)OCc2ccccc2)cc1OC. The molecule has 7 nitrogen and oxygen atoms in total. The van der Waals surface area contributed by atoms with E-state index in [2.05, 4.69) is 5.32 Å². The zero-order chi connectivity index (χ0) is 21.5. The molecule has 0 saturated carbocycles. The molecule has 0 bridgehead atoms. The lowest BCUT2D eigenvalue weighted by Crippen LogP contribution is -2.46. The van der Waals surface area contributed by atoms with Crippen LogP contribution in [0.4, 0.5) is 4.79 Å². The van der Waals surface area contributed by atoms with Gasteiger partial charge in [-0.1, -0.05) is 36.4 Å². The number of carbonyl (C=O) groups is 2. The van der Waals surface area contributed by atoms with E-state index in [1.807, 2.05) is 53.4 Å². The summed E-state index contributed by atoms with van der Waals surface area (Å²) in [5.74, 6) is 1.14. The third-order valence-electron chi connectivity index (χ3n) is 5.25. The molecule has 2 aromatic carbocycles. The Morgan fingerprint density at radius 1 is 1.10 bits per heavy atom. The smallest absolute Gasteiger partial charge is 0.408 e. The molecule has 0 aliphatic carbocycles. The second-order valence-corrected chi connectivity index (χ2v) is 7.23. The van der Waals surface area contributed by atoms with E-state index in [1.54, 1.807) is 21.1 Å². The Morgan fingerprint density at radius 3 is 2.53 bits per heavy atom. The lowest BCUT2D eigenvalue weighted by molar-refractivity contribution is -0.133. The van der Waals surface area contributed by atoms with Crippen LogP contribution in [0.1, 0.15) is 36.9 Å². The fourth-order valence-corrected chi connectivity index (χ4v) is 3.69. The summed E-state index contributed by atoms with van der Waals surface area (Å²) in [5.41, 5.74) is 1.87. The van der Waals surface area contributed by atoms with Crippen molar-refractivity contribution < 1.29 is 23.8 Å². The maximum atomic E-state index is 13.0. The Hall–Kier alpha value is -3.22. The van der Waals surface area contributed by atoms with Crippen LogP contribution in [0.5, 0.6) is 11.5 Å². The molecule has 1 N–H and O–H groups in total. The van der Waals surface area contributed by atoms with E-state index in [-0.39, 0.29) is 18.6 Å². The second-order valence-electron chi connectivity index (χ2n) is 7.23. The van der Waals surface area contributed by atoms with Gasteiger partial charge < -0.3 is 24.4 Å². The third-order valence-corrected chi connectivity index (χ3v) is 5.25. The predicted molar refractivity (Wildman–Crippen MR) is 112 cm³/mol. The summed E-state index contributed by atoms with van der Waals surface area (Å²) in [6.07, 6.45) is 1.14. The number of benzene rings is 2. The molecule has 0 spiro atoms. The summed E-state index contributed by atoms with van der Waals surface area (Å²) in [5, 5.41) is 2.64. The fourth-order valence-electron chi connectivity index (χ4n) is 3.69. The minimum absolute atomic E-state index is 0.0677. The molecule has 2 aromatic rings. The average molecular weight is 412 g/mol. The summed E-state index contributed by atoms with van der Waals surface area (Å²) in [7, 11) is 3.18. The molecule has 1 aliphatic heterocycles. The predicted octanol–water partition coefficient (Wildman–Crippen LogP) is 3.68. The first-order chi connectivity index (χ1) is 14.5. The van der Waals surface area contributed by atoms with Gasteiger partial charge in [-0.05, 0) is 43.0 Å². The van der Waals surface area contributed by atoms with E-state index in [1.165, 1.54) is 0 Å². The monoisotopic (exact) mass is 412 g/mol. The number of methoxy groups -OCH3 is 2. The number of hydrogen-bond acceptors (Lipinski definition) is 5. The number of rotatable bonds is 7. The van der Waals surface area contributed by atoms with E-state index in [0.717, 1.165) is 24.0 Å². The first-order valence-corrected chi connectivity index (χ1v) is 10.0. The van der Waals surface area contributed by atoms with E-state index in [4.69, 9.17) is 14.2 Å². The van der Waals surface area contributed by atoms with Crippen LogP contribution >= 0.6 is 0 Å². The lowest BCUT2D eigenvalue weighted by Gasteiger charge is -2.28. The fraction of sp³-hybridized carbons (Fsp3) is 0.391. The molecule has 3 rings (SSSR count). The normalized spacial score (nSPS) is 16.6. The zero-order valence-corrected chi connectivity index (χ0v) is 17.6. The Bertz CT molecular complexity index is 871. The topological polar surface area (TPSA) is 77.1 Å². The maximum Gasteiger partial charge on any atom is 0.408 e. The first-order valence-electron chi connectivity index (χ1n) is 10.0. The average Bonchev–Trinajstić information content (AvgIpc) is 3.27. The van der Waals surface area contributed by atoms with Crippen molar-refractivity contribution in [2.75, 3.05) is 20.8 Å². The molecule has 2 atom stereocenters. The van der Waals surface area contributed by atoms with Crippen molar-refractivity contribution in [3.63, 3.8) is 0 Å². The minimum Gasteiger partial charge on any atom is -0.493 e. The number of nitrogens with zero attached hydrogens (tertiary/aromatic N) is 1. The van der Waals surface area contributed by atoms with Gasteiger partial charge in [0.1, 0.15) is 12.6 Å². The van der Waals surface area contributed by atoms with Crippen LogP contribution in [-0.4, -0.2) is 43.7 Å². The third kappa shape index (κ3) is 5.03. The number of carbonyl (C=O) groups excluding carboxylic acids is 2. The number of ether oxygens (including phenoxy) is 3. The zero-order valence-electron chi connectivity index (χ0n) is 17.6. The Labute approximate surface area is 176 Å². The van der Waals surface area contributed by atoms with Gasteiger partial charge in [0.25, 0.3) is 0 Å². The minimum atomic E-state index is -0.686. The number of amides is 2. The molecule has 0 radical (unpaired) electrons. The summed E-state index contributed by atoms with van der Waals surface area (Å²) in [4.78, 5) is 26.9. The van der Waals surface area contributed by atoms with Crippen molar-refractivity contribution in [1.29, 1.82) is 0 Å². The molecule has 1 saturated heterocycles. The van der Waals surface area contributed by atoms with Crippen LogP contribution in [0, 0.1) is 0 Å². The molecule has 1 fully saturated rings. The lowest BCUT2D eigenvalue weighted by atomic mass is 10.0. The summed E-state index contributed by atoms with van der Waals surface area (Å²) in [6.45, 7) is 2.48. The molecular formula is C23H28N2O5. The van der Waals surface area contributed by atoms with Gasteiger partial charge in [0, 0.05) is 6.54 Å². The van der Waals surface area contributed by atoms with Gasteiger partial charge in [0.05, 0.1) is 20.3 Å². The molecule has 30 heavy (non-hydrogen) atoms. The first kappa shape index (κ1) is 21.5. The number of alkyl carbamates (subject to hydrolysis) is 1. The van der Waals surface area contributed by atoms with Crippen LogP contribution in [-0.2, 0) is 16.1 Å². The van der Waals surface area contributed by atoms with Crippen molar-refractivity contribution in [2.24, 2.45) is 0 Å². The van der Waals surface area contributed by atoms with Crippen molar-refractivity contribution in [3.05, 3.63) is 59.7 Å². The molecule has 1 aliphatic rings. The highest BCUT2D eigenvalue weighted by atomic mass is 16.5. The Kier molecular flexibility index (Phi) is 7.17. The van der Waals surface area contributed by atoms with E-state index in [0.29, 0.717) is 18.0 Å². The van der Waals surface area contributed by atoms with E-state index < -0.39 is 12.1 Å². The maximum absolute atomic E-state index is 13.0. The van der Waals surface area contributed by atoms with Crippen molar-refractivity contribution in [1.82, 2.24) is 10.2 Å². The molecule has 1 heterocycles. The summed E-state index contributed by atoms with van der Waals surface area (Å²) in [6, 6.07) is 14.3. The molecule has 7 heteroatoms. The summed E-state index contributed by atoms with van der Waals surface area (Å²) >= 11 is 0. The highest BCUT2D eigenvalue weighted by Crippen LogP contribution is 2.37. The van der Waals surface area contributed by atoms with Crippen molar-refractivity contribution in [3.8, 4) is 11.5 Å². The molecular weight excluding hydrogens is 384 g/mol. The largest absolute Gasteiger partial charge is 0.493 e. The molecule has 0 aromatic heterocycles. The standard InChI is InChI=1S/C23H28N2O5/c1-16(24-23(27)30-15-17-8-5-4-6-9-17)22(26)25-13-7-10-19(25)18-11-12-20(28-2)21(14-18)29-3/h4-6,8-9,11-12,14,16,19H,7,10,13,15H2,1-3H3,(H,24,27)/t16-,19-/m1/s1. The van der Waals surface area contributed by atoms with E-state index >= 15 is 0 Å². The van der Waals surface area contributed by atoms with Gasteiger partial charge in [-0.2, -0.15) is 0 Å². The summed E-state index contributed by atoms with van der Waals surface area (Å²) < 4.78 is 15.9. The molecule has 0 unspecified atom stereocenters. The van der Waals surface area contributed by atoms with Crippen molar-refractivity contribution >= 4 is 12.0 Å². The van der Waals surface area contributed by atoms with Crippen LogP contribution in [0.15, 0.2) is 48.5 Å². The van der Waals surface area contributed by atoms with Gasteiger partial charge in [0.15, 0.2) is 11.5 Å². The number of nitrogens with one attached hydrogen (secondary N) is 1. The molecule has 2 amide bonds. The van der Waals surface area contributed by atoms with Crippen molar-refractivity contribution in [2.45, 2.75) is 38.5 Å². The van der Waals surface area contributed by atoms with Crippen LogP contribution < -0.4 is 14.8 Å². The number of hydrogen-bond donors (Lipinski definition) is 1. The second kappa shape index (κ2) is 10.0. The highest BCUT2D eigenvalue weighted by Gasteiger charge is 2.33. The van der Waals surface area contributed by atoms with Gasteiger partial charge in [-0.3, -0.25) is 4.79 Å². The van der Waals surface area contributed by atoms with Gasteiger partial charge in [0.2, 0.25) is 5.91 Å². The van der Waals surface area contributed by atoms with Gasteiger partial charge in [-0.15, -0.1) is 0 Å². The van der Waals surface area contributed by atoms with Gasteiger partial charge >= 0.3 is 6.09 Å². The van der Waals surface area contributed by atoms with Crippen LogP contribution in [0.2, 0.25) is 0 Å². The Morgan fingerprint density at radius 2 is 1.83 bits per heavy atom. The number of likely N-dealkylation sites (tertiary alicyclic amines) is 1. The van der Waals surface area contributed by atoms with Gasteiger partial charge in [-0.25, -0.2) is 4.79 Å². The van der Waals surface area contributed by atoms with Crippen LogP contribution in [0.25, 0.3) is 0 Å². The van der Waals surface area contributed by atoms with Crippen LogP contribution in [0.3, 0.4) is 0 Å². The highest BCUT2D eigenvalue weighted by molar-refractivity contribution is 5.85. The van der Waals surface area contributed by atoms with E-state index in [9.17, 15) is 9.59 Å². The molecule has 160 valence electrons. The Balaban J connectivity index is 1.61.